The van der Waals surface area contributed by atoms with Gasteiger partial charge in [-0.05, 0) is 0 Å². The molecule has 0 saturated heterocycles. The van der Waals surface area contributed by atoms with E-state index < -0.39 is 18.7 Å². The number of aliphatic hydroxyl groups excluding tert-OH is 1. The molecule has 2 N–H and O–H groups in total. The molecule has 0 heterocycles. The number of aliphatic carboxylic acids is 1. The van der Waals surface area contributed by atoms with Crippen LogP contribution in [0.25, 0.3) is 0 Å². The monoisotopic (exact) mass is 146 g/mol. The van der Waals surface area contributed by atoms with Crippen LogP contribution in [0, 0.1) is 0 Å². The molecule has 0 fully saturated rings. The second kappa shape index (κ2) is 4.51. The van der Waals surface area contributed by atoms with E-state index in [-0.39, 0.29) is 0 Å². The maximum atomic E-state index is 10.2. The molecule has 0 bridgehead atoms. The molecule has 0 spiro atoms. The summed E-state index contributed by atoms with van der Waals surface area (Å²) < 4.78 is 3.96. The Hall–Kier alpha value is -1.36. The molecule has 0 aliphatic heterocycles. The van der Waals surface area contributed by atoms with Crippen LogP contribution in [0.1, 0.15) is 0 Å². The number of carboxylic acids is 1. The molecule has 0 aromatic heterocycles. The number of rotatable bonds is 3. The summed E-state index contributed by atoms with van der Waals surface area (Å²) >= 11 is 0. The first-order chi connectivity index (χ1) is 4.66. The van der Waals surface area contributed by atoms with Crippen molar-refractivity contribution in [3.8, 4) is 0 Å². The van der Waals surface area contributed by atoms with Gasteiger partial charge in [-0.3, -0.25) is 0 Å². The minimum absolute atomic E-state index is 0.623. The third-order valence-corrected chi connectivity index (χ3v) is 0.569. The summed E-state index contributed by atoms with van der Waals surface area (Å²) in [5, 5.41) is 16.0. The highest BCUT2D eigenvalue weighted by Crippen LogP contribution is 1.79. The Bertz CT molecular complexity index is 159. The summed E-state index contributed by atoms with van der Waals surface area (Å²) in [5.74, 6) is -2.13. The van der Waals surface area contributed by atoms with Crippen LogP contribution in [0.5, 0.6) is 0 Å². The van der Waals surface area contributed by atoms with Crippen LogP contribution in [0.2, 0.25) is 0 Å². The van der Waals surface area contributed by atoms with Gasteiger partial charge in [-0.15, -0.1) is 0 Å². The van der Waals surface area contributed by atoms with E-state index in [1.165, 1.54) is 0 Å². The predicted octanol–water partition coefficient (Wildman–Crippen LogP) is -0.880. The number of hydrogen-bond donors (Lipinski definition) is 2. The maximum Gasteiger partial charge on any atom is 0.333 e. The number of carbonyl (C=O) groups excluding carboxylic acids is 1. The second-order valence-corrected chi connectivity index (χ2v) is 1.26. The fraction of sp³-hybridized carbons (Fsp3) is 0.200. The van der Waals surface area contributed by atoms with E-state index in [0.717, 1.165) is 0 Å². The van der Waals surface area contributed by atoms with Crippen molar-refractivity contribution >= 4 is 11.9 Å². The van der Waals surface area contributed by atoms with Crippen molar-refractivity contribution in [1.29, 1.82) is 0 Å². The van der Waals surface area contributed by atoms with Gasteiger partial charge >= 0.3 is 11.9 Å². The predicted molar refractivity (Wildman–Crippen MR) is 30.0 cm³/mol. The molecule has 0 rings (SSSR count). The van der Waals surface area contributed by atoms with Gasteiger partial charge in [-0.1, -0.05) is 0 Å². The lowest BCUT2D eigenvalue weighted by molar-refractivity contribution is -0.146. The highest BCUT2D eigenvalue weighted by Gasteiger charge is 1.94. The number of carbonyl (C=O) groups is 2. The van der Waals surface area contributed by atoms with Gasteiger partial charge in [0.1, 0.15) is 0 Å². The van der Waals surface area contributed by atoms with Crippen molar-refractivity contribution in [2.45, 2.75) is 0 Å². The van der Waals surface area contributed by atoms with Crippen LogP contribution in [0.4, 0.5) is 0 Å². The third kappa shape index (κ3) is 4.79. The fourth-order valence-electron chi connectivity index (χ4n) is 0.251. The normalized spacial score (nSPS) is 9.70. The van der Waals surface area contributed by atoms with Crippen molar-refractivity contribution in [1.82, 2.24) is 0 Å². The third-order valence-electron chi connectivity index (χ3n) is 0.569. The van der Waals surface area contributed by atoms with Crippen LogP contribution < -0.4 is 0 Å². The fourth-order valence-corrected chi connectivity index (χ4v) is 0.251. The molecular formula is C5H6O5. The van der Waals surface area contributed by atoms with Crippen molar-refractivity contribution in [3.63, 3.8) is 0 Å². The van der Waals surface area contributed by atoms with Gasteiger partial charge < -0.3 is 14.9 Å². The summed E-state index contributed by atoms with van der Waals surface area (Å²) in [7, 11) is 0. The summed E-state index contributed by atoms with van der Waals surface area (Å²) in [6.45, 7) is -0.747. The molecule has 0 amide bonds. The molecule has 0 aromatic carbocycles. The first kappa shape index (κ1) is 8.64. The van der Waals surface area contributed by atoms with Crippen molar-refractivity contribution < 1.29 is 24.5 Å². The molecule has 0 unspecified atom stereocenters. The van der Waals surface area contributed by atoms with Crippen LogP contribution in [-0.2, 0) is 14.3 Å². The highest BCUT2D eigenvalue weighted by atomic mass is 16.6. The SMILES string of the molecule is O=C(O)C=CC(=O)OCO. The molecule has 0 aromatic rings. The Morgan fingerprint density at radius 3 is 2.40 bits per heavy atom. The zero-order chi connectivity index (χ0) is 7.98. The van der Waals surface area contributed by atoms with Crippen LogP contribution in [-0.4, -0.2) is 28.9 Å². The zero-order valence-electron chi connectivity index (χ0n) is 4.98. The highest BCUT2D eigenvalue weighted by molar-refractivity contribution is 5.90. The lowest BCUT2D eigenvalue weighted by Crippen LogP contribution is -2.02. The minimum atomic E-state index is -1.24. The van der Waals surface area contributed by atoms with Crippen molar-refractivity contribution in [2.24, 2.45) is 0 Å². The summed E-state index contributed by atoms with van der Waals surface area (Å²) in [4.78, 5) is 20.0. The molecule has 0 aliphatic carbocycles. The summed E-state index contributed by atoms with van der Waals surface area (Å²) in [6, 6.07) is 0. The minimum Gasteiger partial charge on any atom is -0.478 e. The van der Waals surface area contributed by atoms with E-state index in [1.807, 2.05) is 0 Å². The molecule has 0 radical (unpaired) electrons. The molecule has 5 heteroatoms. The number of aliphatic hydroxyl groups is 1. The Morgan fingerprint density at radius 2 is 2.00 bits per heavy atom. The summed E-state index contributed by atoms with van der Waals surface area (Å²) in [6.07, 6.45) is 1.33. The number of ether oxygens (including phenoxy) is 1. The Morgan fingerprint density at radius 1 is 1.40 bits per heavy atom. The molecule has 0 atom stereocenters. The van der Waals surface area contributed by atoms with E-state index in [9.17, 15) is 9.59 Å². The zero-order valence-corrected chi connectivity index (χ0v) is 4.98. The van der Waals surface area contributed by atoms with Gasteiger partial charge in [0, 0.05) is 12.2 Å². The Balaban J connectivity index is 3.67. The lowest BCUT2D eigenvalue weighted by Gasteiger charge is -1.91. The number of carboxylic acid groups (broad SMARTS) is 1. The van der Waals surface area contributed by atoms with E-state index in [1.54, 1.807) is 0 Å². The number of esters is 1. The van der Waals surface area contributed by atoms with Crippen LogP contribution in [0.15, 0.2) is 12.2 Å². The molecule has 56 valence electrons. The largest absolute Gasteiger partial charge is 0.478 e. The molecule has 5 nitrogen and oxygen atoms in total. The van der Waals surface area contributed by atoms with Crippen molar-refractivity contribution in [3.05, 3.63) is 12.2 Å². The van der Waals surface area contributed by atoms with E-state index in [0.29, 0.717) is 12.2 Å². The first-order valence-electron chi connectivity index (χ1n) is 2.35. The van der Waals surface area contributed by atoms with Crippen LogP contribution >= 0.6 is 0 Å². The average Bonchev–Trinajstić information content (AvgIpc) is 1.85. The van der Waals surface area contributed by atoms with E-state index >= 15 is 0 Å². The van der Waals surface area contributed by atoms with Crippen LogP contribution in [0.3, 0.4) is 0 Å². The number of hydrogen-bond acceptors (Lipinski definition) is 4. The molecule has 0 aliphatic rings. The van der Waals surface area contributed by atoms with Crippen molar-refractivity contribution in [2.75, 3.05) is 6.79 Å². The molecular weight excluding hydrogens is 140 g/mol. The smallest absolute Gasteiger partial charge is 0.333 e. The maximum absolute atomic E-state index is 10.2. The van der Waals surface area contributed by atoms with Gasteiger partial charge in [0.25, 0.3) is 0 Å². The van der Waals surface area contributed by atoms with E-state index in [4.69, 9.17) is 10.2 Å². The molecule has 0 saturated carbocycles. The van der Waals surface area contributed by atoms with Gasteiger partial charge in [-0.25, -0.2) is 9.59 Å². The standard InChI is InChI=1S/C5H6O5/c6-3-10-5(9)2-1-4(7)8/h1-2,6H,3H2,(H,7,8). The topological polar surface area (TPSA) is 83.8 Å². The second-order valence-electron chi connectivity index (χ2n) is 1.26. The summed E-state index contributed by atoms with van der Waals surface area (Å²) in [5.41, 5.74) is 0. The van der Waals surface area contributed by atoms with Gasteiger partial charge in [-0.2, -0.15) is 0 Å². The Kier molecular flexibility index (Phi) is 3.90. The molecule has 10 heavy (non-hydrogen) atoms. The lowest BCUT2D eigenvalue weighted by atomic mass is 10.5. The van der Waals surface area contributed by atoms with Gasteiger partial charge in [0.05, 0.1) is 0 Å². The first-order valence-corrected chi connectivity index (χ1v) is 2.35. The average molecular weight is 146 g/mol. The Labute approximate surface area is 56.5 Å². The quantitative estimate of drug-likeness (QED) is 0.307. The van der Waals surface area contributed by atoms with E-state index in [2.05, 4.69) is 4.74 Å². The van der Waals surface area contributed by atoms with Gasteiger partial charge in [0.15, 0.2) is 6.79 Å². The van der Waals surface area contributed by atoms with Gasteiger partial charge in [0.2, 0.25) is 0 Å².